The second-order valence-electron chi connectivity index (χ2n) is 3.91. The summed E-state index contributed by atoms with van der Waals surface area (Å²) < 4.78 is 0. The largest absolute Gasteiger partial charge is 0.383 e. The molecule has 5 nitrogen and oxygen atoms in total. The lowest BCUT2D eigenvalue weighted by Crippen LogP contribution is -2.13. The van der Waals surface area contributed by atoms with E-state index < -0.39 is 0 Å². The van der Waals surface area contributed by atoms with Crippen molar-refractivity contribution in [3.8, 4) is 0 Å². The van der Waals surface area contributed by atoms with Gasteiger partial charge in [-0.3, -0.25) is 0 Å². The number of hydrogen-bond acceptors (Lipinski definition) is 5. The van der Waals surface area contributed by atoms with E-state index in [1.54, 1.807) is 6.07 Å². The van der Waals surface area contributed by atoms with Gasteiger partial charge in [0, 0.05) is 18.8 Å². The van der Waals surface area contributed by atoms with Gasteiger partial charge in [0.2, 0.25) is 5.95 Å². The van der Waals surface area contributed by atoms with E-state index in [1.165, 1.54) is 5.56 Å². The van der Waals surface area contributed by atoms with E-state index in [-0.39, 0.29) is 5.95 Å². The molecule has 0 amide bonds. The topological polar surface area (TPSA) is 81.1 Å². The Kier molecular flexibility index (Phi) is 2.82. The number of nitrogens with two attached hydrogens (primary N) is 2. The zero-order chi connectivity index (χ0) is 12.4. The van der Waals surface area contributed by atoms with Gasteiger partial charge < -0.3 is 16.4 Å². The van der Waals surface area contributed by atoms with Crippen LogP contribution in [0, 0.1) is 6.92 Å². The van der Waals surface area contributed by atoms with Gasteiger partial charge in [0.1, 0.15) is 11.6 Å². The van der Waals surface area contributed by atoms with Crippen molar-refractivity contribution in [1.82, 2.24) is 9.97 Å². The maximum atomic E-state index is 5.65. The molecule has 1 aromatic carbocycles. The number of benzene rings is 1. The molecule has 0 aliphatic carbocycles. The lowest BCUT2D eigenvalue weighted by atomic mass is 10.2. The molecule has 0 unspecified atom stereocenters. The van der Waals surface area contributed by atoms with E-state index in [1.807, 2.05) is 37.1 Å². The summed E-state index contributed by atoms with van der Waals surface area (Å²) in [4.78, 5) is 9.92. The predicted molar refractivity (Wildman–Crippen MR) is 70.1 cm³/mol. The van der Waals surface area contributed by atoms with Crippen LogP contribution < -0.4 is 16.4 Å². The van der Waals surface area contributed by atoms with E-state index in [4.69, 9.17) is 11.5 Å². The van der Waals surface area contributed by atoms with E-state index >= 15 is 0 Å². The van der Waals surface area contributed by atoms with E-state index in [2.05, 4.69) is 16.0 Å². The highest BCUT2D eigenvalue weighted by atomic mass is 15.2. The molecule has 5 heteroatoms. The Labute approximate surface area is 100 Å². The summed E-state index contributed by atoms with van der Waals surface area (Å²) >= 11 is 0. The Morgan fingerprint density at radius 3 is 2.53 bits per heavy atom. The van der Waals surface area contributed by atoms with Crippen LogP contribution in [0.15, 0.2) is 30.3 Å². The molecule has 2 rings (SSSR count). The Balaban J connectivity index is 2.39. The van der Waals surface area contributed by atoms with Gasteiger partial charge in [-0.05, 0) is 24.6 Å². The van der Waals surface area contributed by atoms with Gasteiger partial charge in [-0.25, -0.2) is 0 Å². The summed E-state index contributed by atoms with van der Waals surface area (Å²) in [6.07, 6.45) is 0. The van der Waals surface area contributed by atoms with Gasteiger partial charge in [-0.2, -0.15) is 9.97 Å². The van der Waals surface area contributed by atoms with Crippen molar-refractivity contribution in [2.75, 3.05) is 23.4 Å². The van der Waals surface area contributed by atoms with E-state index in [9.17, 15) is 0 Å². The summed E-state index contributed by atoms with van der Waals surface area (Å²) in [5.74, 6) is 1.23. The van der Waals surface area contributed by atoms with Crippen LogP contribution in [0.1, 0.15) is 5.56 Å². The molecule has 88 valence electrons. The van der Waals surface area contributed by atoms with Crippen LogP contribution in [0.25, 0.3) is 0 Å². The lowest BCUT2D eigenvalue weighted by Gasteiger charge is -2.19. The molecule has 4 N–H and O–H groups in total. The fourth-order valence-electron chi connectivity index (χ4n) is 1.61. The normalized spacial score (nSPS) is 10.2. The highest BCUT2D eigenvalue weighted by Gasteiger charge is 2.07. The molecule has 0 aliphatic heterocycles. The number of hydrogen-bond donors (Lipinski definition) is 2. The standard InChI is InChI=1S/C12H15N5/c1-8-4-3-5-9(6-8)17(2)11-7-10(13)15-12(14)16-11/h3-7H,1-2H3,(H4,13,14,15,16). The molecule has 0 saturated heterocycles. The second kappa shape index (κ2) is 4.29. The predicted octanol–water partition coefficient (Wildman–Crippen LogP) is 1.72. The highest BCUT2D eigenvalue weighted by Crippen LogP contribution is 2.23. The van der Waals surface area contributed by atoms with E-state index in [0.29, 0.717) is 11.6 Å². The summed E-state index contributed by atoms with van der Waals surface area (Å²) in [6, 6.07) is 9.80. The Morgan fingerprint density at radius 1 is 1.12 bits per heavy atom. The number of aromatic nitrogens is 2. The van der Waals surface area contributed by atoms with Crippen molar-refractivity contribution in [1.29, 1.82) is 0 Å². The average molecular weight is 229 g/mol. The minimum Gasteiger partial charge on any atom is -0.383 e. The van der Waals surface area contributed by atoms with Gasteiger partial charge in [-0.15, -0.1) is 0 Å². The second-order valence-corrected chi connectivity index (χ2v) is 3.91. The summed E-state index contributed by atoms with van der Waals surface area (Å²) in [7, 11) is 1.91. The zero-order valence-electron chi connectivity index (χ0n) is 9.88. The molecule has 0 radical (unpaired) electrons. The van der Waals surface area contributed by atoms with E-state index in [0.717, 1.165) is 5.69 Å². The van der Waals surface area contributed by atoms with Crippen molar-refractivity contribution in [2.24, 2.45) is 0 Å². The molecule has 0 spiro atoms. The molecule has 1 aromatic heterocycles. The lowest BCUT2D eigenvalue weighted by molar-refractivity contribution is 1.09. The van der Waals surface area contributed by atoms with Crippen LogP contribution in [0.2, 0.25) is 0 Å². The van der Waals surface area contributed by atoms with Crippen LogP contribution in [-0.2, 0) is 0 Å². The molecule has 1 heterocycles. The third-order valence-corrected chi connectivity index (χ3v) is 2.48. The molecule has 0 fully saturated rings. The molecule has 0 bridgehead atoms. The third kappa shape index (κ3) is 2.44. The molecule has 2 aromatic rings. The minimum atomic E-state index is 0.180. The maximum absolute atomic E-state index is 5.65. The summed E-state index contributed by atoms with van der Waals surface area (Å²) in [5, 5.41) is 0. The van der Waals surface area contributed by atoms with Crippen molar-refractivity contribution in [3.63, 3.8) is 0 Å². The molecule has 0 aliphatic rings. The Morgan fingerprint density at radius 2 is 1.88 bits per heavy atom. The summed E-state index contributed by atoms with van der Waals surface area (Å²) in [6.45, 7) is 2.04. The molecular formula is C12H15N5. The molecular weight excluding hydrogens is 214 g/mol. The number of anilines is 4. The fraction of sp³-hybridized carbons (Fsp3) is 0.167. The highest BCUT2D eigenvalue weighted by molar-refractivity contribution is 5.62. The molecule has 0 saturated carbocycles. The summed E-state index contributed by atoms with van der Waals surface area (Å²) in [5.41, 5.74) is 13.4. The molecule has 17 heavy (non-hydrogen) atoms. The van der Waals surface area contributed by atoms with Crippen LogP contribution in [0.3, 0.4) is 0 Å². The quantitative estimate of drug-likeness (QED) is 0.819. The Bertz CT molecular complexity index is 518. The van der Waals surface area contributed by atoms with Crippen molar-refractivity contribution in [2.45, 2.75) is 6.92 Å². The third-order valence-electron chi connectivity index (χ3n) is 2.48. The number of nitrogens with zero attached hydrogens (tertiary/aromatic N) is 3. The van der Waals surface area contributed by atoms with Crippen LogP contribution in [-0.4, -0.2) is 17.0 Å². The fourth-order valence-corrected chi connectivity index (χ4v) is 1.61. The van der Waals surface area contributed by atoms with Gasteiger partial charge in [0.05, 0.1) is 0 Å². The van der Waals surface area contributed by atoms with Gasteiger partial charge in [-0.1, -0.05) is 12.1 Å². The van der Waals surface area contributed by atoms with Gasteiger partial charge in [0.25, 0.3) is 0 Å². The van der Waals surface area contributed by atoms with Gasteiger partial charge in [0.15, 0.2) is 0 Å². The van der Waals surface area contributed by atoms with Crippen molar-refractivity contribution in [3.05, 3.63) is 35.9 Å². The number of aryl methyl sites for hydroxylation is 1. The van der Waals surface area contributed by atoms with Gasteiger partial charge >= 0.3 is 0 Å². The van der Waals surface area contributed by atoms with Crippen LogP contribution in [0.4, 0.5) is 23.3 Å². The minimum absolute atomic E-state index is 0.180. The number of rotatable bonds is 2. The average Bonchev–Trinajstić information content (AvgIpc) is 2.26. The van der Waals surface area contributed by atoms with Crippen LogP contribution >= 0.6 is 0 Å². The Hall–Kier alpha value is -2.30. The smallest absolute Gasteiger partial charge is 0.223 e. The number of nitrogen functional groups attached to an aromatic ring is 2. The SMILES string of the molecule is Cc1cccc(N(C)c2cc(N)nc(N)n2)c1. The first-order valence-corrected chi connectivity index (χ1v) is 5.26. The van der Waals surface area contributed by atoms with Crippen molar-refractivity contribution < 1.29 is 0 Å². The molecule has 0 atom stereocenters. The first-order valence-electron chi connectivity index (χ1n) is 5.26. The monoisotopic (exact) mass is 229 g/mol. The first-order chi connectivity index (χ1) is 8.06. The maximum Gasteiger partial charge on any atom is 0.223 e. The van der Waals surface area contributed by atoms with Crippen molar-refractivity contribution >= 4 is 23.3 Å². The zero-order valence-corrected chi connectivity index (χ0v) is 9.88. The first kappa shape index (κ1) is 11.2. The van der Waals surface area contributed by atoms with Crippen LogP contribution in [0.5, 0.6) is 0 Å².